The minimum absolute atomic E-state index is 0.0619. The summed E-state index contributed by atoms with van der Waals surface area (Å²) >= 11 is 0. The molecule has 0 saturated carbocycles. The van der Waals surface area contributed by atoms with E-state index in [1.165, 1.54) is 12.3 Å². The standard InChI is InChI=1S/C8H13N3O4S2/c1-16(12,13)5-4-11-17(14,15)8-6-10-3-2-7(8)9/h2-3,6,11H,4-5H2,1H3,(H2,9,10). The number of hydrogen-bond donors (Lipinski definition) is 2. The van der Waals surface area contributed by atoms with Gasteiger partial charge in [-0.1, -0.05) is 0 Å². The molecule has 0 unspecified atom stereocenters. The Morgan fingerprint density at radius 2 is 2.00 bits per heavy atom. The van der Waals surface area contributed by atoms with Crippen LogP contribution in [-0.2, 0) is 19.9 Å². The van der Waals surface area contributed by atoms with Gasteiger partial charge in [0.05, 0.1) is 11.4 Å². The van der Waals surface area contributed by atoms with Crippen LogP contribution in [0.1, 0.15) is 0 Å². The van der Waals surface area contributed by atoms with Gasteiger partial charge in [0.2, 0.25) is 10.0 Å². The summed E-state index contributed by atoms with van der Waals surface area (Å²) in [4.78, 5) is 3.49. The molecular weight excluding hydrogens is 266 g/mol. The van der Waals surface area contributed by atoms with Crippen molar-refractivity contribution < 1.29 is 16.8 Å². The molecule has 17 heavy (non-hydrogen) atoms. The van der Waals surface area contributed by atoms with E-state index in [9.17, 15) is 16.8 Å². The zero-order chi connectivity index (χ0) is 13.1. The number of hydrogen-bond acceptors (Lipinski definition) is 6. The molecule has 1 aromatic heterocycles. The van der Waals surface area contributed by atoms with Gasteiger partial charge in [-0.25, -0.2) is 21.6 Å². The molecule has 0 aliphatic carbocycles. The SMILES string of the molecule is CS(=O)(=O)CCNS(=O)(=O)c1cnccc1N. The lowest BCUT2D eigenvalue weighted by atomic mass is 10.4. The van der Waals surface area contributed by atoms with E-state index in [1.54, 1.807) is 0 Å². The van der Waals surface area contributed by atoms with Crippen molar-refractivity contribution in [2.75, 3.05) is 24.3 Å². The largest absolute Gasteiger partial charge is 0.398 e. The maximum Gasteiger partial charge on any atom is 0.244 e. The number of nitrogens with zero attached hydrogens (tertiary/aromatic N) is 1. The first-order valence-electron chi connectivity index (χ1n) is 4.59. The highest BCUT2D eigenvalue weighted by Gasteiger charge is 2.17. The fourth-order valence-electron chi connectivity index (χ4n) is 1.05. The molecule has 96 valence electrons. The van der Waals surface area contributed by atoms with E-state index in [0.29, 0.717) is 0 Å². The van der Waals surface area contributed by atoms with Crippen LogP contribution in [0, 0.1) is 0 Å². The first-order valence-corrected chi connectivity index (χ1v) is 8.13. The van der Waals surface area contributed by atoms with Crippen LogP contribution in [0.2, 0.25) is 0 Å². The Hall–Kier alpha value is -1.19. The van der Waals surface area contributed by atoms with Crippen molar-refractivity contribution in [3.05, 3.63) is 18.5 Å². The summed E-state index contributed by atoms with van der Waals surface area (Å²) in [6.07, 6.45) is 3.50. The molecule has 3 N–H and O–H groups in total. The number of nitrogens with two attached hydrogens (primary N) is 1. The van der Waals surface area contributed by atoms with Crippen molar-refractivity contribution in [1.82, 2.24) is 9.71 Å². The topological polar surface area (TPSA) is 119 Å². The highest BCUT2D eigenvalue weighted by atomic mass is 32.2. The molecule has 1 rings (SSSR count). The summed E-state index contributed by atoms with van der Waals surface area (Å²) in [6, 6.07) is 1.35. The van der Waals surface area contributed by atoms with E-state index in [-0.39, 0.29) is 22.9 Å². The van der Waals surface area contributed by atoms with E-state index < -0.39 is 19.9 Å². The number of sulfone groups is 1. The third kappa shape index (κ3) is 4.29. The fourth-order valence-corrected chi connectivity index (χ4v) is 2.76. The summed E-state index contributed by atoms with van der Waals surface area (Å²) < 4.78 is 47.3. The predicted molar refractivity (Wildman–Crippen MR) is 63.5 cm³/mol. The predicted octanol–water partition coefficient (Wildman–Crippen LogP) is -1.01. The van der Waals surface area contributed by atoms with Crippen LogP contribution in [0.25, 0.3) is 0 Å². The van der Waals surface area contributed by atoms with Crippen LogP contribution >= 0.6 is 0 Å². The van der Waals surface area contributed by atoms with Gasteiger partial charge in [-0.3, -0.25) is 4.98 Å². The molecule has 7 nitrogen and oxygen atoms in total. The average molecular weight is 279 g/mol. The molecule has 1 aromatic rings. The Kier molecular flexibility index (Phi) is 4.07. The highest BCUT2D eigenvalue weighted by Crippen LogP contribution is 2.14. The molecule has 0 spiro atoms. The van der Waals surface area contributed by atoms with Gasteiger partial charge in [-0.05, 0) is 6.07 Å². The van der Waals surface area contributed by atoms with Gasteiger partial charge in [-0.15, -0.1) is 0 Å². The number of aromatic nitrogens is 1. The number of pyridine rings is 1. The van der Waals surface area contributed by atoms with Gasteiger partial charge in [0.1, 0.15) is 14.7 Å². The third-order valence-corrected chi connectivity index (χ3v) is 4.32. The Balaban J connectivity index is 2.81. The van der Waals surface area contributed by atoms with Gasteiger partial charge in [0, 0.05) is 25.2 Å². The van der Waals surface area contributed by atoms with Gasteiger partial charge >= 0.3 is 0 Å². The second-order valence-electron chi connectivity index (χ2n) is 3.44. The molecule has 0 aliphatic rings. The minimum Gasteiger partial charge on any atom is -0.398 e. The number of rotatable bonds is 5. The molecule has 0 atom stereocenters. The summed E-state index contributed by atoms with van der Waals surface area (Å²) in [6.45, 7) is -0.199. The van der Waals surface area contributed by atoms with Gasteiger partial charge in [-0.2, -0.15) is 0 Å². The number of nitrogen functional groups attached to an aromatic ring is 1. The third-order valence-electron chi connectivity index (χ3n) is 1.87. The molecule has 9 heteroatoms. The van der Waals surface area contributed by atoms with Gasteiger partial charge in [0.25, 0.3) is 0 Å². The number of nitrogens with one attached hydrogen (secondary N) is 1. The van der Waals surface area contributed by atoms with E-state index in [0.717, 1.165) is 12.5 Å². The molecule has 0 amide bonds. The normalized spacial score (nSPS) is 12.5. The van der Waals surface area contributed by atoms with Crippen LogP contribution in [0.4, 0.5) is 5.69 Å². The molecule has 0 fully saturated rings. The fraction of sp³-hybridized carbons (Fsp3) is 0.375. The van der Waals surface area contributed by atoms with Crippen LogP contribution < -0.4 is 10.5 Å². The van der Waals surface area contributed by atoms with Crippen LogP contribution in [-0.4, -0.2) is 40.4 Å². The van der Waals surface area contributed by atoms with Crippen LogP contribution in [0.15, 0.2) is 23.4 Å². The van der Waals surface area contributed by atoms with E-state index in [4.69, 9.17) is 5.73 Å². The zero-order valence-electron chi connectivity index (χ0n) is 9.12. The van der Waals surface area contributed by atoms with Crippen molar-refractivity contribution in [1.29, 1.82) is 0 Å². The number of sulfonamides is 1. The summed E-state index contributed by atoms with van der Waals surface area (Å²) in [5, 5.41) is 0. The lowest BCUT2D eigenvalue weighted by molar-refractivity contribution is 0.582. The second-order valence-corrected chi connectivity index (χ2v) is 7.44. The van der Waals surface area contributed by atoms with E-state index in [1.807, 2.05) is 0 Å². The molecule has 0 aromatic carbocycles. The quantitative estimate of drug-likeness (QED) is 0.712. The minimum atomic E-state index is -3.82. The van der Waals surface area contributed by atoms with Gasteiger partial charge < -0.3 is 5.73 Å². The summed E-state index contributed by atoms with van der Waals surface area (Å²) in [5.41, 5.74) is 5.55. The second kappa shape index (κ2) is 4.98. The Morgan fingerprint density at radius 1 is 1.35 bits per heavy atom. The lowest BCUT2D eigenvalue weighted by Crippen LogP contribution is -2.29. The van der Waals surface area contributed by atoms with Gasteiger partial charge in [0.15, 0.2) is 0 Å². The lowest BCUT2D eigenvalue weighted by Gasteiger charge is -2.07. The van der Waals surface area contributed by atoms with Crippen LogP contribution in [0.5, 0.6) is 0 Å². The monoisotopic (exact) mass is 279 g/mol. The van der Waals surface area contributed by atoms with Crippen molar-refractivity contribution in [3.8, 4) is 0 Å². The maximum atomic E-state index is 11.7. The zero-order valence-corrected chi connectivity index (χ0v) is 10.8. The molecule has 0 saturated heterocycles. The van der Waals surface area contributed by atoms with Crippen molar-refractivity contribution in [2.45, 2.75) is 4.90 Å². The highest BCUT2D eigenvalue weighted by molar-refractivity contribution is 7.91. The Morgan fingerprint density at radius 3 is 2.53 bits per heavy atom. The Labute approximate surface area is 100 Å². The average Bonchev–Trinajstić information content (AvgIpc) is 2.15. The van der Waals surface area contributed by atoms with Crippen molar-refractivity contribution in [2.24, 2.45) is 0 Å². The smallest absolute Gasteiger partial charge is 0.244 e. The maximum absolute atomic E-state index is 11.7. The molecule has 1 heterocycles. The summed E-state index contributed by atoms with van der Waals surface area (Å²) in [5.74, 6) is -0.271. The van der Waals surface area contributed by atoms with Crippen molar-refractivity contribution >= 4 is 25.5 Å². The van der Waals surface area contributed by atoms with E-state index >= 15 is 0 Å². The molecule has 0 aliphatic heterocycles. The molecule has 0 radical (unpaired) electrons. The van der Waals surface area contributed by atoms with Crippen LogP contribution in [0.3, 0.4) is 0 Å². The molecular formula is C8H13N3O4S2. The first kappa shape index (κ1) is 13.9. The first-order chi connectivity index (χ1) is 7.72. The molecule has 0 bridgehead atoms. The summed E-state index contributed by atoms with van der Waals surface area (Å²) in [7, 11) is -7.03. The Bertz CT molecular complexity index is 595. The van der Waals surface area contributed by atoms with E-state index in [2.05, 4.69) is 9.71 Å². The number of anilines is 1. The van der Waals surface area contributed by atoms with Crippen molar-refractivity contribution in [3.63, 3.8) is 0 Å².